The molecule has 0 bridgehead atoms. The zero-order valence-corrected chi connectivity index (χ0v) is 12.9. The van der Waals surface area contributed by atoms with Crippen molar-refractivity contribution < 1.29 is 18.3 Å². The molecule has 7 nitrogen and oxygen atoms in total. The van der Waals surface area contributed by atoms with Crippen molar-refractivity contribution in [3.05, 3.63) is 18.2 Å². The second-order valence-corrected chi connectivity index (χ2v) is 6.63. The number of rotatable bonds is 6. The predicted molar refractivity (Wildman–Crippen MR) is 80.0 cm³/mol. The molecule has 1 aliphatic rings. The van der Waals surface area contributed by atoms with Gasteiger partial charge in [-0.25, -0.2) is 8.42 Å². The summed E-state index contributed by atoms with van der Waals surface area (Å²) in [6.45, 7) is 4.55. The van der Waals surface area contributed by atoms with Gasteiger partial charge in [0.15, 0.2) is 0 Å². The normalized spacial score (nSPS) is 14.1. The van der Waals surface area contributed by atoms with Crippen molar-refractivity contribution in [2.45, 2.75) is 18.7 Å². The number of nitrogens with one attached hydrogen (secondary N) is 1. The first-order chi connectivity index (χ1) is 9.90. The van der Waals surface area contributed by atoms with Gasteiger partial charge in [-0.15, -0.1) is 0 Å². The smallest absolute Gasteiger partial charge is 0.323 e. The van der Waals surface area contributed by atoms with Gasteiger partial charge in [-0.1, -0.05) is 13.8 Å². The van der Waals surface area contributed by atoms with E-state index in [1.807, 2.05) is 0 Å². The largest absolute Gasteiger partial charge is 0.480 e. The second-order valence-electron chi connectivity index (χ2n) is 4.69. The summed E-state index contributed by atoms with van der Waals surface area (Å²) in [6, 6.07) is 4.75. The molecule has 0 radical (unpaired) electrons. The average molecular weight is 313 g/mol. The third-order valence-corrected chi connectivity index (χ3v) is 5.49. The minimum atomic E-state index is -3.54. The van der Waals surface area contributed by atoms with Crippen molar-refractivity contribution in [3.8, 4) is 0 Å². The number of benzene rings is 1. The number of sulfonamides is 1. The zero-order chi connectivity index (χ0) is 15.6. The van der Waals surface area contributed by atoms with Gasteiger partial charge in [-0.3, -0.25) is 4.79 Å². The van der Waals surface area contributed by atoms with Crippen LogP contribution in [0.2, 0.25) is 0 Å². The summed E-state index contributed by atoms with van der Waals surface area (Å²) in [5, 5.41) is 11.9. The Balaban J connectivity index is 2.39. The molecule has 1 heterocycles. The number of carbonyl (C=O) groups is 1. The van der Waals surface area contributed by atoms with E-state index in [1.54, 1.807) is 30.9 Å². The highest BCUT2D eigenvalue weighted by Crippen LogP contribution is 2.33. The molecule has 2 N–H and O–H groups in total. The summed E-state index contributed by atoms with van der Waals surface area (Å²) in [6.07, 6.45) is 0. The van der Waals surface area contributed by atoms with Crippen LogP contribution >= 0.6 is 0 Å². The van der Waals surface area contributed by atoms with Gasteiger partial charge in [-0.2, -0.15) is 4.31 Å². The minimum absolute atomic E-state index is 0.172. The van der Waals surface area contributed by atoms with Crippen LogP contribution in [0.1, 0.15) is 13.8 Å². The molecule has 0 aliphatic carbocycles. The van der Waals surface area contributed by atoms with Crippen LogP contribution in [0, 0.1) is 0 Å². The van der Waals surface area contributed by atoms with Crippen molar-refractivity contribution in [2.24, 2.45) is 0 Å². The van der Waals surface area contributed by atoms with Gasteiger partial charge in [0.2, 0.25) is 10.0 Å². The molecule has 0 saturated carbocycles. The lowest BCUT2D eigenvalue weighted by molar-refractivity contribution is -0.135. The quantitative estimate of drug-likeness (QED) is 0.814. The standard InChI is InChI=1S/C13H19N3O4S/c1-3-16(4-2)21(19,20)10-5-6-11-12(7-10)15(9-14-11)8-13(17)18/h5-7,14H,3-4,8-9H2,1-2H3,(H,17,18). The van der Waals surface area contributed by atoms with Gasteiger partial charge >= 0.3 is 5.97 Å². The van der Waals surface area contributed by atoms with Crippen molar-refractivity contribution in [1.82, 2.24) is 4.31 Å². The molecule has 1 aliphatic heterocycles. The third kappa shape index (κ3) is 2.96. The highest BCUT2D eigenvalue weighted by Gasteiger charge is 2.26. The van der Waals surface area contributed by atoms with Crippen molar-refractivity contribution >= 4 is 27.4 Å². The van der Waals surface area contributed by atoms with E-state index < -0.39 is 16.0 Å². The van der Waals surface area contributed by atoms with E-state index in [4.69, 9.17) is 5.11 Å². The summed E-state index contributed by atoms with van der Waals surface area (Å²) >= 11 is 0. The summed E-state index contributed by atoms with van der Waals surface area (Å²) in [5.74, 6) is -0.957. The molecule has 0 saturated heterocycles. The average Bonchev–Trinajstić information content (AvgIpc) is 2.81. The number of fused-ring (bicyclic) bond motifs is 1. The van der Waals surface area contributed by atoms with E-state index in [-0.39, 0.29) is 11.4 Å². The highest BCUT2D eigenvalue weighted by atomic mass is 32.2. The Kier molecular flexibility index (Phi) is 4.38. The topological polar surface area (TPSA) is 90.0 Å². The van der Waals surface area contributed by atoms with Crippen LogP contribution in [0.3, 0.4) is 0 Å². The summed E-state index contributed by atoms with van der Waals surface area (Å²) < 4.78 is 26.4. The van der Waals surface area contributed by atoms with Crippen molar-refractivity contribution in [1.29, 1.82) is 0 Å². The van der Waals surface area contributed by atoms with E-state index in [1.165, 1.54) is 10.4 Å². The van der Waals surface area contributed by atoms with Gasteiger partial charge in [0.1, 0.15) is 6.54 Å². The van der Waals surface area contributed by atoms with Crippen molar-refractivity contribution in [2.75, 3.05) is 36.5 Å². The fourth-order valence-corrected chi connectivity index (χ4v) is 3.84. The number of hydrogen-bond acceptors (Lipinski definition) is 5. The van der Waals surface area contributed by atoms with Crippen LogP contribution in [0.5, 0.6) is 0 Å². The van der Waals surface area contributed by atoms with Gasteiger partial charge in [0, 0.05) is 13.1 Å². The van der Waals surface area contributed by atoms with Crippen LogP contribution in [0.4, 0.5) is 11.4 Å². The number of carboxylic acid groups (broad SMARTS) is 1. The minimum Gasteiger partial charge on any atom is -0.480 e. The molecule has 0 amide bonds. The zero-order valence-electron chi connectivity index (χ0n) is 12.0. The Morgan fingerprint density at radius 1 is 1.38 bits per heavy atom. The Hall–Kier alpha value is -1.80. The predicted octanol–water partition coefficient (Wildman–Crippen LogP) is 0.991. The molecule has 8 heteroatoms. The first-order valence-corrected chi connectivity index (χ1v) is 8.19. The van der Waals surface area contributed by atoms with E-state index in [0.717, 1.165) is 5.69 Å². The third-order valence-electron chi connectivity index (χ3n) is 3.44. The van der Waals surface area contributed by atoms with Crippen LogP contribution in [0.15, 0.2) is 23.1 Å². The van der Waals surface area contributed by atoms with Crippen molar-refractivity contribution in [3.63, 3.8) is 0 Å². The Morgan fingerprint density at radius 3 is 2.62 bits per heavy atom. The van der Waals surface area contributed by atoms with Crippen LogP contribution in [-0.4, -0.2) is 50.1 Å². The molecule has 1 aromatic carbocycles. The van der Waals surface area contributed by atoms with Crippen LogP contribution in [-0.2, 0) is 14.8 Å². The fraction of sp³-hybridized carbons (Fsp3) is 0.462. The van der Waals surface area contributed by atoms with Gasteiger partial charge in [0.25, 0.3) is 0 Å². The monoisotopic (exact) mass is 313 g/mol. The number of anilines is 2. The lowest BCUT2D eigenvalue weighted by Gasteiger charge is -2.20. The van der Waals surface area contributed by atoms with Gasteiger partial charge in [0.05, 0.1) is 22.9 Å². The molecule has 0 fully saturated rings. The Bertz CT molecular complexity index is 641. The van der Waals surface area contributed by atoms with Gasteiger partial charge < -0.3 is 15.3 Å². The van der Waals surface area contributed by atoms with E-state index in [0.29, 0.717) is 25.4 Å². The fourth-order valence-electron chi connectivity index (χ4n) is 2.37. The molecule has 21 heavy (non-hydrogen) atoms. The molecular weight excluding hydrogens is 294 g/mol. The number of aliphatic carboxylic acids is 1. The van der Waals surface area contributed by atoms with E-state index in [2.05, 4.69) is 5.32 Å². The molecule has 1 aromatic rings. The van der Waals surface area contributed by atoms with Crippen LogP contribution < -0.4 is 10.2 Å². The summed E-state index contributed by atoms with van der Waals surface area (Å²) in [5.41, 5.74) is 1.35. The van der Waals surface area contributed by atoms with Crippen LogP contribution in [0.25, 0.3) is 0 Å². The highest BCUT2D eigenvalue weighted by molar-refractivity contribution is 7.89. The molecule has 116 valence electrons. The van der Waals surface area contributed by atoms with E-state index in [9.17, 15) is 13.2 Å². The lowest BCUT2D eigenvalue weighted by atomic mass is 10.2. The number of nitrogens with zero attached hydrogens (tertiary/aromatic N) is 2. The second kappa shape index (κ2) is 5.90. The molecule has 0 spiro atoms. The summed E-state index contributed by atoms with van der Waals surface area (Å²) in [4.78, 5) is 12.6. The maximum absolute atomic E-state index is 12.5. The first-order valence-electron chi connectivity index (χ1n) is 6.75. The molecule has 0 unspecified atom stereocenters. The van der Waals surface area contributed by atoms with E-state index >= 15 is 0 Å². The lowest BCUT2D eigenvalue weighted by Crippen LogP contribution is -2.31. The first kappa shape index (κ1) is 15.6. The van der Waals surface area contributed by atoms with Gasteiger partial charge in [-0.05, 0) is 18.2 Å². The Morgan fingerprint density at radius 2 is 2.05 bits per heavy atom. The molecule has 0 atom stereocenters. The molecule has 0 aromatic heterocycles. The number of hydrogen-bond donors (Lipinski definition) is 2. The molecular formula is C13H19N3O4S. The Labute approximate surface area is 124 Å². The molecule has 2 rings (SSSR count). The maximum Gasteiger partial charge on any atom is 0.323 e. The SMILES string of the molecule is CCN(CC)S(=O)(=O)c1ccc2c(c1)N(CC(=O)O)CN2. The summed E-state index contributed by atoms with van der Waals surface area (Å²) in [7, 11) is -3.54. The number of carboxylic acids is 1. The maximum atomic E-state index is 12.5.